The molecule has 0 aliphatic heterocycles. The standard InChI is InChI=1S/C12H10O2S.6C4H9.2Sn/c13-9-1-5-11(6-2-9)15-12-7-3-10(14)4-8-12;6*1-3-4-2;;/h1-8,13-14H;6*1,3-4H2,2H3;;/q;;;;;;;2*+1/p-2. The molecule has 0 saturated heterocycles. The molecule has 2 aromatic rings. The van der Waals surface area contributed by atoms with Gasteiger partial charge in [-0.2, -0.15) is 0 Å². The monoisotopic (exact) mass is 798 g/mol. The first kappa shape index (κ1) is 37.2. The van der Waals surface area contributed by atoms with Gasteiger partial charge in [-0.15, -0.1) is 0 Å². The molecule has 41 heavy (non-hydrogen) atoms. The van der Waals surface area contributed by atoms with Gasteiger partial charge in [-0.05, 0) is 0 Å². The van der Waals surface area contributed by atoms with Crippen molar-refractivity contribution in [3.63, 3.8) is 0 Å². The molecule has 0 amide bonds. The number of unbranched alkanes of at least 4 members (excludes halogenated alkanes) is 6. The third-order valence-corrected chi connectivity index (χ3v) is 35.0. The Balaban J connectivity index is 2.10. The van der Waals surface area contributed by atoms with Crippen molar-refractivity contribution in [2.75, 3.05) is 0 Å². The fourth-order valence-electron chi connectivity index (χ4n) is 5.84. The van der Waals surface area contributed by atoms with E-state index in [1.807, 2.05) is 11.8 Å². The number of hydrogen-bond acceptors (Lipinski definition) is 3. The van der Waals surface area contributed by atoms with Crippen LogP contribution in [0.25, 0.3) is 0 Å². The minimum absolute atomic E-state index is 1.12. The third kappa shape index (κ3) is 14.1. The van der Waals surface area contributed by atoms with Crippen LogP contribution in [0.1, 0.15) is 119 Å². The predicted octanol–water partition coefficient (Wildman–Crippen LogP) is 13.3. The van der Waals surface area contributed by atoms with Crippen molar-refractivity contribution in [2.45, 2.75) is 155 Å². The Hall–Kier alpha value is -0.0126. The van der Waals surface area contributed by atoms with Gasteiger partial charge in [-0.3, -0.25) is 0 Å². The van der Waals surface area contributed by atoms with Gasteiger partial charge in [0.25, 0.3) is 0 Å². The molecule has 2 aromatic carbocycles. The molecule has 0 aromatic heterocycles. The Morgan fingerprint density at radius 2 is 0.659 bits per heavy atom. The topological polar surface area (TPSA) is 18.5 Å². The van der Waals surface area contributed by atoms with Crippen LogP contribution in [0.15, 0.2) is 58.3 Å². The van der Waals surface area contributed by atoms with Gasteiger partial charge < -0.3 is 0 Å². The average molecular weight is 796 g/mol. The molecule has 0 saturated carbocycles. The van der Waals surface area contributed by atoms with E-state index in [2.05, 4.69) is 90.1 Å². The first-order valence-corrected chi connectivity index (χ1v) is 32.5. The quantitative estimate of drug-likeness (QED) is 0.0986. The van der Waals surface area contributed by atoms with E-state index in [1.54, 1.807) is 0 Å². The van der Waals surface area contributed by atoms with Gasteiger partial charge in [0.05, 0.1) is 0 Å². The Morgan fingerprint density at radius 3 is 0.878 bits per heavy atom. The molecule has 0 aliphatic rings. The van der Waals surface area contributed by atoms with Crippen molar-refractivity contribution < 1.29 is 6.15 Å². The molecule has 0 N–H and O–H groups in total. The summed E-state index contributed by atoms with van der Waals surface area (Å²) in [5, 5.41) is 0. The van der Waals surface area contributed by atoms with E-state index in [1.165, 1.54) is 113 Å². The molecule has 232 valence electrons. The van der Waals surface area contributed by atoms with E-state index in [0.717, 1.165) is 11.5 Å². The van der Waals surface area contributed by atoms with Gasteiger partial charge in [0, 0.05) is 0 Å². The first-order chi connectivity index (χ1) is 20.0. The van der Waals surface area contributed by atoms with Crippen molar-refractivity contribution in [2.24, 2.45) is 0 Å². The summed E-state index contributed by atoms with van der Waals surface area (Å²) in [5.74, 6) is 2.24. The molecule has 0 bridgehead atoms. The summed E-state index contributed by atoms with van der Waals surface area (Å²) in [6, 6.07) is 18.0. The molecule has 0 radical (unpaired) electrons. The SMILES string of the molecule is CCC[CH2][Sn]([CH2]CCC)([CH2]CCC)[O]c1ccc(Sc2ccc([O][Sn]([CH2]CCC)([CH2]CCC)[CH2]CCC)cc2)cc1. The maximum atomic E-state index is 7.05. The fraction of sp³-hybridized carbons (Fsp3) is 0.667. The van der Waals surface area contributed by atoms with E-state index in [4.69, 9.17) is 6.15 Å². The van der Waals surface area contributed by atoms with Crippen molar-refractivity contribution in [1.82, 2.24) is 0 Å². The molecule has 5 heteroatoms. The molecule has 0 atom stereocenters. The van der Waals surface area contributed by atoms with Crippen LogP contribution in [0.5, 0.6) is 11.5 Å². The van der Waals surface area contributed by atoms with Crippen LogP contribution in [0.4, 0.5) is 0 Å². The second-order valence-corrected chi connectivity index (χ2v) is 36.6. The molecular formula is C36H62O2SSn2. The zero-order valence-corrected chi connectivity index (χ0v) is 34.1. The summed E-state index contributed by atoms with van der Waals surface area (Å²) >= 11 is -3.45. The van der Waals surface area contributed by atoms with Gasteiger partial charge in [0.15, 0.2) is 0 Å². The van der Waals surface area contributed by atoms with E-state index < -0.39 is 37.6 Å². The van der Waals surface area contributed by atoms with Crippen molar-refractivity contribution in [3.8, 4) is 11.5 Å². The van der Waals surface area contributed by atoms with Crippen LogP contribution in [0.3, 0.4) is 0 Å². The molecular weight excluding hydrogens is 734 g/mol. The van der Waals surface area contributed by atoms with Gasteiger partial charge in [-0.25, -0.2) is 0 Å². The zero-order chi connectivity index (χ0) is 29.8. The second kappa shape index (κ2) is 21.6. The Labute approximate surface area is 268 Å². The van der Waals surface area contributed by atoms with E-state index >= 15 is 0 Å². The molecule has 0 unspecified atom stereocenters. The fourth-order valence-corrected chi connectivity index (χ4v) is 33.4. The number of rotatable bonds is 24. The normalized spacial score (nSPS) is 12.0. The number of hydrogen-bond donors (Lipinski definition) is 0. The summed E-state index contributed by atoms with van der Waals surface area (Å²) in [7, 11) is 0. The van der Waals surface area contributed by atoms with E-state index in [-0.39, 0.29) is 0 Å². The van der Waals surface area contributed by atoms with Crippen molar-refractivity contribution in [3.05, 3.63) is 48.5 Å². The van der Waals surface area contributed by atoms with Crippen molar-refractivity contribution in [1.29, 1.82) is 0 Å². The number of benzene rings is 2. The van der Waals surface area contributed by atoms with Crippen LogP contribution >= 0.6 is 11.8 Å². The molecule has 0 fully saturated rings. The average Bonchev–Trinajstić information content (AvgIpc) is 3.00. The Bertz CT molecular complexity index is 797. The Kier molecular flexibility index (Phi) is 19.6. The summed E-state index contributed by atoms with van der Waals surface area (Å²) in [6.45, 7) is 14.0. The van der Waals surface area contributed by atoms with Gasteiger partial charge in [0.2, 0.25) is 0 Å². The van der Waals surface area contributed by atoms with Gasteiger partial charge >= 0.3 is 271 Å². The molecule has 2 rings (SSSR count). The van der Waals surface area contributed by atoms with Crippen LogP contribution in [0, 0.1) is 0 Å². The molecule has 2 nitrogen and oxygen atoms in total. The van der Waals surface area contributed by atoms with E-state index in [0.29, 0.717) is 0 Å². The minimum atomic E-state index is -2.65. The van der Waals surface area contributed by atoms with Crippen molar-refractivity contribution >= 4 is 49.3 Å². The zero-order valence-electron chi connectivity index (χ0n) is 27.6. The van der Waals surface area contributed by atoms with E-state index in [9.17, 15) is 0 Å². The van der Waals surface area contributed by atoms with Gasteiger partial charge in [-0.1, -0.05) is 0 Å². The summed E-state index contributed by atoms with van der Waals surface area (Å²) in [4.78, 5) is 2.56. The van der Waals surface area contributed by atoms with Gasteiger partial charge in [0.1, 0.15) is 0 Å². The Morgan fingerprint density at radius 1 is 0.415 bits per heavy atom. The van der Waals surface area contributed by atoms with Crippen LogP contribution in [-0.4, -0.2) is 37.6 Å². The maximum absolute atomic E-state index is 7.05. The van der Waals surface area contributed by atoms with Crippen LogP contribution < -0.4 is 6.15 Å². The molecule has 0 spiro atoms. The summed E-state index contributed by atoms with van der Waals surface area (Å²) in [6.07, 6.45) is 15.7. The third-order valence-electron chi connectivity index (χ3n) is 8.47. The van der Waals surface area contributed by atoms with Crippen LogP contribution in [-0.2, 0) is 0 Å². The molecule has 0 heterocycles. The summed E-state index contributed by atoms with van der Waals surface area (Å²) < 4.78 is 22.3. The van der Waals surface area contributed by atoms with Crippen LogP contribution in [0.2, 0.25) is 26.6 Å². The first-order valence-electron chi connectivity index (χ1n) is 17.2. The predicted molar refractivity (Wildman–Crippen MR) is 188 cm³/mol. The second-order valence-electron chi connectivity index (χ2n) is 12.2. The summed E-state index contributed by atoms with van der Waals surface area (Å²) in [5.41, 5.74) is 0. The molecule has 0 aliphatic carbocycles.